The largest absolute Gasteiger partial charge is 0.796 e. The standard InChI is InChI=1S/C15H13BF2O2/c1-11-6-9-15(20-16(17)18)13(10-11)14(19)8-7-12-4-2-3-5-12/h2-10,19H,1H3. The average Bonchev–Trinajstić information content (AvgIpc) is 2.90. The molecule has 0 aliphatic heterocycles. The van der Waals surface area contributed by atoms with Gasteiger partial charge in [-0.1, -0.05) is 42.0 Å². The lowest BCUT2D eigenvalue weighted by Crippen LogP contribution is -2.10. The van der Waals surface area contributed by atoms with Gasteiger partial charge in [0.25, 0.3) is 0 Å². The van der Waals surface area contributed by atoms with Gasteiger partial charge < -0.3 is 9.76 Å². The van der Waals surface area contributed by atoms with Gasteiger partial charge in [0.15, 0.2) is 0 Å². The molecule has 0 radical (unpaired) electrons. The van der Waals surface area contributed by atoms with Gasteiger partial charge in [-0.2, -0.15) is 0 Å². The maximum Gasteiger partial charge on any atom is 0.796 e. The van der Waals surface area contributed by atoms with E-state index in [-0.39, 0.29) is 17.1 Å². The molecule has 0 unspecified atom stereocenters. The van der Waals surface area contributed by atoms with E-state index in [1.165, 1.54) is 12.1 Å². The minimum atomic E-state index is -2.93. The van der Waals surface area contributed by atoms with Crippen LogP contribution in [0.1, 0.15) is 11.1 Å². The second-order valence-electron chi connectivity index (χ2n) is 4.31. The van der Waals surface area contributed by atoms with Crippen molar-refractivity contribution in [3.63, 3.8) is 0 Å². The highest BCUT2D eigenvalue weighted by molar-refractivity contribution is 6.35. The van der Waals surface area contributed by atoms with Crippen molar-refractivity contribution in [3.05, 3.63) is 71.4 Å². The Balaban J connectivity index is 2.32. The van der Waals surface area contributed by atoms with Gasteiger partial charge in [-0.05, 0) is 30.7 Å². The third-order valence-electron chi connectivity index (χ3n) is 2.75. The minimum absolute atomic E-state index is 0.0461. The summed E-state index contributed by atoms with van der Waals surface area (Å²) in [4.78, 5) is 0. The van der Waals surface area contributed by atoms with Crippen LogP contribution in [0, 0.1) is 6.92 Å². The molecule has 0 spiro atoms. The van der Waals surface area contributed by atoms with Gasteiger partial charge >= 0.3 is 7.47 Å². The molecule has 0 fully saturated rings. The quantitative estimate of drug-likeness (QED) is 0.657. The van der Waals surface area contributed by atoms with E-state index < -0.39 is 7.47 Å². The summed E-state index contributed by atoms with van der Waals surface area (Å²) in [6, 6.07) is 4.67. The van der Waals surface area contributed by atoms with Crippen LogP contribution >= 0.6 is 0 Å². The Morgan fingerprint density at radius 2 is 1.95 bits per heavy atom. The first-order chi connectivity index (χ1) is 9.56. The highest BCUT2D eigenvalue weighted by Gasteiger charge is 2.20. The van der Waals surface area contributed by atoms with Crippen LogP contribution in [-0.2, 0) is 0 Å². The first-order valence-electron chi connectivity index (χ1n) is 6.08. The maximum atomic E-state index is 12.3. The number of halogens is 2. The smallest absolute Gasteiger partial charge is 0.507 e. The van der Waals surface area contributed by atoms with E-state index >= 15 is 0 Å². The zero-order valence-corrected chi connectivity index (χ0v) is 10.9. The molecule has 20 heavy (non-hydrogen) atoms. The maximum absolute atomic E-state index is 12.3. The van der Waals surface area contributed by atoms with E-state index in [2.05, 4.69) is 4.65 Å². The van der Waals surface area contributed by atoms with Crippen molar-refractivity contribution < 1.29 is 18.4 Å². The summed E-state index contributed by atoms with van der Waals surface area (Å²) >= 11 is 0. The van der Waals surface area contributed by atoms with Crippen LogP contribution in [0.5, 0.6) is 5.75 Å². The van der Waals surface area contributed by atoms with Gasteiger partial charge in [0.2, 0.25) is 0 Å². The minimum Gasteiger partial charge on any atom is -0.507 e. The number of aliphatic hydroxyl groups is 1. The number of hydrogen-bond donors (Lipinski definition) is 1. The second kappa shape index (κ2) is 6.24. The number of rotatable bonds is 4. The Labute approximate surface area is 116 Å². The summed E-state index contributed by atoms with van der Waals surface area (Å²) in [7, 11) is -2.93. The van der Waals surface area contributed by atoms with Crippen molar-refractivity contribution in [2.24, 2.45) is 0 Å². The predicted molar refractivity (Wildman–Crippen MR) is 76.7 cm³/mol. The summed E-state index contributed by atoms with van der Waals surface area (Å²) in [6.07, 6.45) is 10.6. The van der Waals surface area contributed by atoms with E-state index in [0.29, 0.717) is 0 Å². The van der Waals surface area contributed by atoms with Crippen LogP contribution in [0.15, 0.2) is 60.2 Å². The molecule has 0 bridgehead atoms. The van der Waals surface area contributed by atoms with Crippen molar-refractivity contribution >= 4 is 13.2 Å². The number of allylic oxidation sites excluding steroid dienone is 7. The van der Waals surface area contributed by atoms with Crippen molar-refractivity contribution in [1.82, 2.24) is 0 Å². The van der Waals surface area contributed by atoms with Crippen LogP contribution in [0.2, 0.25) is 0 Å². The normalized spacial score (nSPS) is 13.8. The highest BCUT2D eigenvalue weighted by Crippen LogP contribution is 2.27. The third-order valence-corrected chi connectivity index (χ3v) is 2.75. The molecule has 1 N–H and O–H groups in total. The van der Waals surface area contributed by atoms with Gasteiger partial charge in [0, 0.05) is 0 Å². The number of benzene rings is 1. The lowest BCUT2D eigenvalue weighted by Gasteiger charge is -2.10. The Bertz CT molecular complexity index is 602. The van der Waals surface area contributed by atoms with Gasteiger partial charge in [0.05, 0.1) is 5.56 Å². The molecular weight excluding hydrogens is 261 g/mol. The Hall–Kier alpha value is -2.30. The molecule has 0 atom stereocenters. The van der Waals surface area contributed by atoms with Crippen LogP contribution in [0.25, 0.3) is 5.76 Å². The van der Waals surface area contributed by atoms with Crippen LogP contribution in [0.3, 0.4) is 0 Å². The van der Waals surface area contributed by atoms with Crippen LogP contribution in [0.4, 0.5) is 8.63 Å². The van der Waals surface area contributed by atoms with E-state index in [1.807, 2.05) is 31.2 Å². The van der Waals surface area contributed by atoms with Crippen molar-refractivity contribution in [3.8, 4) is 5.75 Å². The lowest BCUT2D eigenvalue weighted by atomic mass is 10.1. The molecule has 0 heterocycles. The van der Waals surface area contributed by atoms with E-state index in [1.54, 1.807) is 18.2 Å². The molecule has 5 heteroatoms. The van der Waals surface area contributed by atoms with E-state index in [0.717, 1.165) is 11.1 Å². The zero-order valence-electron chi connectivity index (χ0n) is 10.9. The first-order valence-corrected chi connectivity index (χ1v) is 6.08. The second-order valence-corrected chi connectivity index (χ2v) is 4.31. The molecular formula is C15H13BF2O2. The SMILES string of the molecule is Cc1ccc(OB(F)F)c(C(O)=CC=C2C=CC=C2)c1. The molecule has 1 aromatic rings. The molecule has 1 aromatic carbocycles. The molecule has 1 aliphatic carbocycles. The number of hydrogen-bond acceptors (Lipinski definition) is 2. The predicted octanol–water partition coefficient (Wildman–Crippen LogP) is 4.25. The lowest BCUT2D eigenvalue weighted by molar-refractivity contribution is 0.421. The molecule has 0 amide bonds. The van der Waals surface area contributed by atoms with Crippen molar-refractivity contribution in [2.45, 2.75) is 6.92 Å². The third kappa shape index (κ3) is 3.60. The zero-order chi connectivity index (χ0) is 14.5. The van der Waals surface area contributed by atoms with Gasteiger partial charge in [-0.15, -0.1) is 0 Å². The molecule has 2 rings (SSSR count). The van der Waals surface area contributed by atoms with Crippen molar-refractivity contribution in [1.29, 1.82) is 0 Å². The van der Waals surface area contributed by atoms with Gasteiger partial charge in [0.1, 0.15) is 11.5 Å². The Morgan fingerprint density at radius 3 is 2.60 bits per heavy atom. The summed E-state index contributed by atoms with van der Waals surface area (Å²) < 4.78 is 29.1. The highest BCUT2D eigenvalue weighted by atomic mass is 19.2. The number of aliphatic hydroxyl groups excluding tert-OH is 1. The van der Waals surface area contributed by atoms with E-state index in [9.17, 15) is 13.7 Å². The molecule has 0 saturated carbocycles. The first kappa shape index (κ1) is 14.1. The molecule has 0 aromatic heterocycles. The molecule has 2 nitrogen and oxygen atoms in total. The van der Waals surface area contributed by atoms with E-state index in [4.69, 9.17) is 0 Å². The molecule has 102 valence electrons. The Morgan fingerprint density at radius 1 is 1.25 bits per heavy atom. The Kier molecular flexibility index (Phi) is 4.40. The summed E-state index contributed by atoms with van der Waals surface area (Å²) in [5.74, 6) is -0.166. The monoisotopic (exact) mass is 274 g/mol. The van der Waals surface area contributed by atoms with Crippen molar-refractivity contribution in [2.75, 3.05) is 0 Å². The summed E-state index contributed by atoms with van der Waals surface area (Å²) in [5.41, 5.74) is 2.00. The molecule has 1 aliphatic rings. The van der Waals surface area contributed by atoms with Crippen LogP contribution < -0.4 is 4.65 Å². The average molecular weight is 274 g/mol. The van der Waals surface area contributed by atoms with Crippen LogP contribution in [-0.4, -0.2) is 12.6 Å². The topological polar surface area (TPSA) is 29.5 Å². The number of aryl methyl sites for hydroxylation is 1. The fourth-order valence-corrected chi connectivity index (χ4v) is 1.81. The van der Waals surface area contributed by atoms with Gasteiger partial charge in [-0.25, -0.2) is 8.63 Å². The summed E-state index contributed by atoms with van der Waals surface area (Å²) in [6.45, 7) is 1.81. The fourth-order valence-electron chi connectivity index (χ4n) is 1.81. The molecule has 0 saturated heterocycles. The fraction of sp³-hybridized carbons (Fsp3) is 0.0667. The van der Waals surface area contributed by atoms with Gasteiger partial charge in [-0.3, -0.25) is 0 Å². The summed E-state index contributed by atoms with van der Waals surface area (Å²) in [5, 5.41) is 10.0.